The molecule has 1 N–H and O–H groups in total. The maximum absolute atomic E-state index is 11.6. The first kappa shape index (κ1) is 10.8. The quantitative estimate of drug-likeness (QED) is 0.671. The molecule has 0 saturated carbocycles. The van der Waals surface area contributed by atoms with E-state index in [-0.39, 0.29) is 18.7 Å². The molecule has 0 aromatic heterocycles. The Morgan fingerprint density at radius 1 is 1.57 bits per heavy atom. The van der Waals surface area contributed by atoms with E-state index in [0.29, 0.717) is 0 Å². The minimum absolute atomic E-state index is 0.145. The zero-order valence-electron chi connectivity index (χ0n) is 7.06. The normalized spacial score (nSPS) is 21.9. The molecule has 1 rings (SSSR count). The van der Waals surface area contributed by atoms with Crippen molar-refractivity contribution in [2.75, 3.05) is 6.61 Å². The van der Waals surface area contributed by atoms with Crippen molar-refractivity contribution < 1.29 is 27.5 Å². The summed E-state index contributed by atoms with van der Waals surface area (Å²) < 4.78 is 38.8. The lowest BCUT2D eigenvalue weighted by Gasteiger charge is -2.11. The van der Waals surface area contributed by atoms with Gasteiger partial charge in [0.15, 0.2) is 6.61 Å². The van der Waals surface area contributed by atoms with Crippen LogP contribution in [0, 0.1) is 0 Å². The van der Waals surface area contributed by atoms with E-state index >= 15 is 0 Å². The number of nitrogens with one attached hydrogen (secondary N) is 1. The van der Waals surface area contributed by atoms with Gasteiger partial charge in [-0.05, 0) is 6.42 Å². The van der Waals surface area contributed by atoms with E-state index in [2.05, 4.69) is 10.1 Å². The molecule has 0 unspecified atom stereocenters. The first-order valence-electron chi connectivity index (χ1n) is 3.91. The highest BCUT2D eigenvalue weighted by molar-refractivity contribution is 5.88. The summed E-state index contributed by atoms with van der Waals surface area (Å²) in [5, 5.41) is 2.21. The number of hydrogen-bond acceptors (Lipinski definition) is 3. The Labute approximate surface area is 77.4 Å². The van der Waals surface area contributed by atoms with Crippen LogP contribution >= 0.6 is 0 Å². The standard InChI is InChI=1S/C7H8F3NO3/c8-7(9,10)3-14-6(13)4-1-2-5(12)11-4/h4H,1-3H2,(H,11,12)/t4-/m1/s1. The summed E-state index contributed by atoms with van der Waals surface area (Å²) >= 11 is 0. The maximum atomic E-state index is 11.6. The molecule has 14 heavy (non-hydrogen) atoms. The van der Waals surface area contributed by atoms with Gasteiger partial charge in [-0.15, -0.1) is 0 Å². The van der Waals surface area contributed by atoms with Crippen LogP contribution in [0.3, 0.4) is 0 Å². The van der Waals surface area contributed by atoms with Crippen LogP contribution in [-0.2, 0) is 14.3 Å². The Morgan fingerprint density at radius 3 is 2.64 bits per heavy atom. The number of carbonyl (C=O) groups excluding carboxylic acids is 2. The van der Waals surface area contributed by atoms with Crippen molar-refractivity contribution >= 4 is 11.9 Å². The maximum Gasteiger partial charge on any atom is 0.422 e. The van der Waals surface area contributed by atoms with Crippen molar-refractivity contribution in [2.45, 2.75) is 25.1 Å². The molecule has 0 radical (unpaired) electrons. The number of carbonyl (C=O) groups is 2. The summed E-state index contributed by atoms with van der Waals surface area (Å²) in [5.74, 6) is -1.38. The fourth-order valence-electron chi connectivity index (χ4n) is 1.04. The summed E-state index contributed by atoms with van der Waals surface area (Å²) in [4.78, 5) is 21.5. The average molecular weight is 211 g/mol. The molecule has 1 fully saturated rings. The summed E-state index contributed by atoms with van der Waals surface area (Å²) in [5.41, 5.74) is 0. The van der Waals surface area contributed by atoms with Crippen LogP contribution in [0.2, 0.25) is 0 Å². The molecule has 7 heteroatoms. The van der Waals surface area contributed by atoms with Crippen LogP contribution in [0.5, 0.6) is 0 Å². The molecule has 0 aliphatic carbocycles. The van der Waals surface area contributed by atoms with Crippen LogP contribution < -0.4 is 5.32 Å². The van der Waals surface area contributed by atoms with Gasteiger partial charge in [-0.3, -0.25) is 4.79 Å². The first-order valence-corrected chi connectivity index (χ1v) is 3.91. The van der Waals surface area contributed by atoms with Crippen molar-refractivity contribution in [1.82, 2.24) is 5.32 Å². The topological polar surface area (TPSA) is 55.4 Å². The number of amides is 1. The van der Waals surface area contributed by atoms with Crippen LogP contribution in [0.1, 0.15) is 12.8 Å². The molecular formula is C7H8F3NO3. The van der Waals surface area contributed by atoms with Gasteiger partial charge in [0.25, 0.3) is 0 Å². The van der Waals surface area contributed by atoms with Gasteiger partial charge >= 0.3 is 12.1 Å². The highest BCUT2D eigenvalue weighted by atomic mass is 19.4. The van der Waals surface area contributed by atoms with Crippen LogP contribution in [0.25, 0.3) is 0 Å². The number of ether oxygens (including phenoxy) is 1. The Kier molecular flexibility index (Phi) is 2.97. The molecule has 0 bridgehead atoms. The first-order chi connectivity index (χ1) is 6.38. The lowest BCUT2D eigenvalue weighted by atomic mass is 10.2. The predicted molar refractivity (Wildman–Crippen MR) is 38.2 cm³/mol. The highest BCUT2D eigenvalue weighted by Crippen LogP contribution is 2.16. The molecule has 0 spiro atoms. The zero-order valence-corrected chi connectivity index (χ0v) is 7.06. The van der Waals surface area contributed by atoms with Gasteiger partial charge in [0.2, 0.25) is 5.91 Å². The molecule has 1 atom stereocenters. The lowest BCUT2D eigenvalue weighted by Crippen LogP contribution is -2.36. The molecule has 80 valence electrons. The second kappa shape index (κ2) is 3.85. The van der Waals surface area contributed by atoms with Crippen molar-refractivity contribution in [3.05, 3.63) is 0 Å². The van der Waals surface area contributed by atoms with Gasteiger partial charge < -0.3 is 10.1 Å². The van der Waals surface area contributed by atoms with E-state index in [1.54, 1.807) is 0 Å². The average Bonchev–Trinajstić information content (AvgIpc) is 2.46. The van der Waals surface area contributed by atoms with Gasteiger partial charge in [0.1, 0.15) is 6.04 Å². The van der Waals surface area contributed by atoms with Gasteiger partial charge in [-0.25, -0.2) is 4.79 Å². The van der Waals surface area contributed by atoms with E-state index in [1.165, 1.54) is 0 Å². The molecule has 1 heterocycles. The second-order valence-corrected chi connectivity index (χ2v) is 2.88. The summed E-state index contributed by atoms with van der Waals surface area (Å²) in [6, 6.07) is -0.926. The number of alkyl halides is 3. The van der Waals surface area contributed by atoms with Gasteiger partial charge in [-0.1, -0.05) is 0 Å². The lowest BCUT2D eigenvalue weighted by molar-refractivity contribution is -0.187. The molecule has 0 aromatic carbocycles. The van der Waals surface area contributed by atoms with E-state index in [1.807, 2.05) is 0 Å². The van der Waals surface area contributed by atoms with Crippen LogP contribution in [-0.4, -0.2) is 30.7 Å². The van der Waals surface area contributed by atoms with Crippen molar-refractivity contribution in [3.63, 3.8) is 0 Å². The number of hydrogen-bond donors (Lipinski definition) is 1. The Balaban J connectivity index is 2.32. The predicted octanol–water partition coefficient (Wildman–Crippen LogP) is 0.370. The zero-order chi connectivity index (χ0) is 10.8. The molecule has 1 amide bonds. The number of rotatable bonds is 2. The highest BCUT2D eigenvalue weighted by Gasteiger charge is 2.33. The molecular weight excluding hydrogens is 203 g/mol. The van der Waals surface area contributed by atoms with Crippen LogP contribution in [0.15, 0.2) is 0 Å². The number of halogens is 3. The van der Waals surface area contributed by atoms with Crippen LogP contribution in [0.4, 0.5) is 13.2 Å². The van der Waals surface area contributed by atoms with E-state index in [9.17, 15) is 22.8 Å². The smallest absolute Gasteiger partial charge is 0.422 e. The molecule has 0 aromatic rings. The Hall–Kier alpha value is -1.27. The van der Waals surface area contributed by atoms with Gasteiger partial charge in [0, 0.05) is 6.42 Å². The minimum atomic E-state index is -4.53. The monoisotopic (exact) mass is 211 g/mol. The van der Waals surface area contributed by atoms with E-state index in [0.717, 1.165) is 0 Å². The summed E-state index contributed by atoms with van der Waals surface area (Å²) in [6.45, 7) is -1.61. The van der Waals surface area contributed by atoms with Gasteiger partial charge in [0.05, 0.1) is 0 Å². The molecule has 1 saturated heterocycles. The van der Waals surface area contributed by atoms with E-state index < -0.39 is 24.8 Å². The third kappa shape index (κ3) is 3.23. The minimum Gasteiger partial charge on any atom is -0.455 e. The second-order valence-electron chi connectivity index (χ2n) is 2.88. The fourth-order valence-corrected chi connectivity index (χ4v) is 1.04. The largest absolute Gasteiger partial charge is 0.455 e. The SMILES string of the molecule is O=C1CC[C@H](C(=O)OCC(F)(F)F)N1. The molecule has 1 aliphatic heterocycles. The van der Waals surface area contributed by atoms with Crippen molar-refractivity contribution in [1.29, 1.82) is 0 Å². The molecule has 4 nitrogen and oxygen atoms in total. The van der Waals surface area contributed by atoms with Crippen molar-refractivity contribution in [3.8, 4) is 0 Å². The fraction of sp³-hybridized carbons (Fsp3) is 0.714. The van der Waals surface area contributed by atoms with Gasteiger partial charge in [-0.2, -0.15) is 13.2 Å². The molecule has 1 aliphatic rings. The third-order valence-corrected chi connectivity index (χ3v) is 1.66. The third-order valence-electron chi connectivity index (χ3n) is 1.66. The summed E-state index contributed by atoms with van der Waals surface area (Å²) in [7, 11) is 0. The Bertz CT molecular complexity index is 251. The summed E-state index contributed by atoms with van der Waals surface area (Å²) in [6.07, 6.45) is -4.19. The number of esters is 1. The van der Waals surface area contributed by atoms with Crippen molar-refractivity contribution in [2.24, 2.45) is 0 Å². The van der Waals surface area contributed by atoms with E-state index in [4.69, 9.17) is 0 Å². The Morgan fingerprint density at radius 2 is 2.21 bits per heavy atom.